The Morgan fingerprint density at radius 1 is 1.42 bits per heavy atom. The van der Waals surface area contributed by atoms with Crippen LogP contribution in [0.2, 0.25) is 0 Å². The van der Waals surface area contributed by atoms with Gasteiger partial charge in [0.05, 0.1) is 5.41 Å². The highest BCUT2D eigenvalue weighted by molar-refractivity contribution is 5.77. The van der Waals surface area contributed by atoms with Gasteiger partial charge in [0.15, 0.2) is 0 Å². The summed E-state index contributed by atoms with van der Waals surface area (Å²) < 4.78 is 0. The molecule has 1 saturated heterocycles. The molecular weight excluding hydrogens is 246 g/mol. The number of piperidine rings is 1. The molecule has 1 rings (SSSR count). The molecule has 0 bridgehead atoms. The van der Waals surface area contributed by atoms with Crippen molar-refractivity contribution in [2.75, 3.05) is 33.2 Å². The van der Waals surface area contributed by atoms with Gasteiger partial charge in [0, 0.05) is 19.6 Å². The van der Waals surface area contributed by atoms with Crippen LogP contribution in [0.5, 0.6) is 0 Å². The van der Waals surface area contributed by atoms with E-state index in [2.05, 4.69) is 10.6 Å². The standard InChI is InChI=1S/C13H25N3O3/c1-13(2,11(17)18)9-15-12(19)16-6-4-5-10(8-16)7-14-3/h10,14H,4-9H2,1-3H3,(H,15,19)(H,17,18). The zero-order chi connectivity index (χ0) is 14.5. The predicted octanol–water partition coefficient (Wildman–Crippen LogP) is 0.738. The molecular formula is C13H25N3O3. The van der Waals surface area contributed by atoms with Crippen LogP contribution >= 0.6 is 0 Å². The normalized spacial score (nSPS) is 20.2. The maximum absolute atomic E-state index is 12.0. The molecule has 6 heteroatoms. The molecule has 1 aliphatic rings. The molecule has 0 aromatic carbocycles. The summed E-state index contributed by atoms with van der Waals surface area (Å²) in [6.07, 6.45) is 2.13. The maximum Gasteiger partial charge on any atom is 0.317 e. The summed E-state index contributed by atoms with van der Waals surface area (Å²) in [5.74, 6) is -0.420. The quantitative estimate of drug-likeness (QED) is 0.689. The van der Waals surface area contributed by atoms with Gasteiger partial charge in [-0.15, -0.1) is 0 Å². The first-order chi connectivity index (χ1) is 8.86. The van der Waals surface area contributed by atoms with Gasteiger partial charge in [0.1, 0.15) is 0 Å². The number of amides is 2. The van der Waals surface area contributed by atoms with E-state index < -0.39 is 11.4 Å². The van der Waals surface area contributed by atoms with E-state index in [0.717, 1.165) is 32.5 Å². The largest absolute Gasteiger partial charge is 0.481 e. The van der Waals surface area contributed by atoms with Crippen LogP contribution in [-0.2, 0) is 4.79 Å². The number of carboxylic acids is 1. The minimum Gasteiger partial charge on any atom is -0.481 e. The summed E-state index contributed by atoms with van der Waals surface area (Å²) in [4.78, 5) is 24.8. The van der Waals surface area contributed by atoms with Gasteiger partial charge in [-0.05, 0) is 46.2 Å². The van der Waals surface area contributed by atoms with Crippen LogP contribution in [0.4, 0.5) is 4.79 Å². The number of aliphatic carboxylic acids is 1. The highest BCUT2D eigenvalue weighted by atomic mass is 16.4. The van der Waals surface area contributed by atoms with E-state index in [4.69, 9.17) is 5.11 Å². The number of hydrogen-bond acceptors (Lipinski definition) is 3. The second kappa shape index (κ2) is 6.75. The zero-order valence-corrected chi connectivity index (χ0v) is 12.0. The summed E-state index contributed by atoms with van der Waals surface area (Å²) in [5, 5.41) is 14.9. The number of likely N-dealkylation sites (tertiary alicyclic amines) is 1. The van der Waals surface area contributed by atoms with Crippen LogP contribution in [0.1, 0.15) is 26.7 Å². The average Bonchev–Trinajstić information content (AvgIpc) is 2.36. The van der Waals surface area contributed by atoms with Crippen LogP contribution in [0.3, 0.4) is 0 Å². The van der Waals surface area contributed by atoms with Crippen molar-refractivity contribution in [3.63, 3.8) is 0 Å². The first kappa shape index (κ1) is 15.8. The molecule has 6 nitrogen and oxygen atoms in total. The molecule has 19 heavy (non-hydrogen) atoms. The molecule has 0 radical (unpaired) electrons. The number of carboxylic acid groups (broad SMARTS) is 1. The SMILES string of the molecule is CNCC1CCCN(C(=O)NCC(C)(C)C(=O)O)C1. The van der Waals surface area contributed by atoms with E-state index >= 15 is 0 Å². The van der Waals surface area contributed by atoms with Gasteiger partial charge < -0.3 is 20.6 Å². The monoisotopic (exact) mass is 271 g/mol. The van der Waals surface area contributed by atoms with Crippen molar-refractivity contribution in [2.24, 2.45) is 11.3 Å². The van der Waals surface area contributed by atoms with E-state index in [-0.39, 0.29) is 12.6 Å². The lowest BCUT2D eigenvalue weighted by Crippen LogP contribution is -2.49. The van der Waals surface area contributed by atoms with Gasteiger partial charge in [-0.2, -0.15) is 0 Å². The fourth-order valence-corrected chi connectivity index (χ4v) is 2.19. The third-order valence-corrected chi connectivity index (χ3v) is 3.56. The molecule has 0 saturated carbocycles. The summed E-state index contributed by atoms with van der Waals surface area (Å²) in [6.45, 7) is 5.75. The molecule has 110 valence electrons. The predicted molar refractivity (Wildman–Crippen MR) is 73.0 cm³/mol. The van der Waals surface area contributed by atoms with Gasteiger partial charge in [-0.1, -0.05) is 0 Å². The van der Waals surface area contributed by atoms with Crippen molar-refractivity contribution >= 4 is 12.0 Å². The molecule has 0 aromatic rings. The van der Waals surface area contributed by atoms with E-state index in [1.165, 1.54) is 0 Å². The van der Waals surface area contributed by atoms with Gasteiger partial charge in [-0.25, -0.2) is 4.79 Å². The molecule has 1 aliphatic heterocycles. The molecule has 1 unspecified atom stereocenters. The number of carbonyl (C=O) groups excluding carboxylic acids is 1. The topological polar surface area (TPSA) is 81.7 Å². The number of nitrogens with zero attached hydrogens (tertiary/aromatic N) is 1. The van der Waals surface area contributed by atoms with Crippen LogP contribution in [0.25, 0.3) is 0 Å². The van der Waals surface area contributed by atoms with E-state index in [9.17, 15) is 9.59 Å². The smallest absolute Gasteiger partial charge is 0.317 e. The van der Waals surface area contributed by atoms with E-state index in [1.807, 2.05) is 7.05 Å². The van der Waals surface area contributed by atoms with E-state index in [0.29, 0.717) is 5.92 Å². The molecule has 1 atom stereocenters. The molecule has 0 aliphatic carbocycles. The Labute approximate surface area is 114 Å². The van der Waals surface area contributed by atoms with Crippen LogP contribution in [0, 0.1) is 11.3 Å². The summed E-state index contributed by atoms with van der Waals surface area (Å²) >= 11 is 0. The van der Waals surface area contributed by atoms with Crippen molar-refractivity contribution in [1.29, 1.82) is 0 Å². The Morgan fingerprint density at radius 2 is 2.11 bits per heavy atom. The Bertz CT molecular complexity index is 329. The van der Waals surface area contributed by atoms with Gasteiger partial charge >= 0.3 is 12.0 Å². The molecule has 1 heterocycles. The Balaban J connectivity index is 2.43. The highest BCUT2D eigenvalue weighted by Crippen LogP contribution is 2.17. The molecule has 3 N–H and O–H groups in total. The minimum atomic E-state index is -0.935. The molecule has 1 fully saturated rings. The average molecular weight is 271 g/mol. The summed E-state index contributed by atoms with van der Waals surface area (Å²) in [7, 11) is 1.91. The van der Waals surface area contributed by atoms with Crippen molar-refractivity contribution in [3.05, 3.63) is 0 Å². The summed E-state index contributed by atoms with van der Waals surface area (Å²) in [5.41, 5.74) is -0.935. The highest BCUT2D eigenvalue weighted by Gasteiger charge is 2.29. The zero-order valence-electron chi connectivity index (χ0n) is 12.0. The Kier molecular flexibility index (Phi) is 5.60. The molecule has 0 spiro atoms. The number of rotatable bonds is 5. The van der Waals surface area contributed by atoms with Gasteiger partial charge in [0.2, 0.25) is 0 Å². The maximum atomic E-state index is 12.0. The molecule has 2 amide bonds. The third-order valence-electron chi connectivity index (χ3n) is 3.56. The molecule has 0 aromatic heterocycles. The lowest BCUT2D eigenvalue weighted by Gasteiger charge is -2.33. The third kappa shape index (κ3) is 4.70. The van der Waals surface area contributed by atoms with Crippen LogP contribution in [-0.4, -0.2) is 55.2 Å². The number of hydrogen-bond donors (Lipinski definition) is 3. The van der Waals surface area contributed by atoms with Crippen molar-refractivity contribution in [2.45, 2.75) is 26.7 Å². The fraction of sp³-hybridized carbons (Fsp3) is 0.846. The lowest BCUT2D eigenvalue weighted by atomic mass is 9.94. The Morgan fingerprint density at radius 3 is 2.68 bits per heavy atom. The fourth-order valence-electron chi connectivity index (χ4n) is 2.19. The second-order valence-electron chi connectivity index (χ2n) is 5.86. The van der Waals surface area contributed by atoms with Gasteiger partial charge in [0.25, 0.3) is 0 Å². The van der Waals surface area contributed by atoms with Crippen molar-refractivity contribution in [3.8, 4) is 0 Å². The Hall–Kier alpha value is -1.30. The van der Waals surface area contributed by atoms with E-state index in [1.54, 1.807) is 18.7 Å². The van der Waals surface area contributed by atoms with Gasteiger partial charge in [-0.3, -0.25) is 4.79 Å². The summed E-state index contributed by atoms with van der Waals surface area (Å²) in [6, 6.07) is -0.157. The number of carbonyl (C=O) groups is 2. The first-order valence-electron chi connectivity index (χ1n) is 6.77. The number of nitrogens with one attached hydrogen (secondary N) is 2. The number of urea groups is 1. The van der Waals surface area contributed by atoms with Crippen LogP contribution in [0.15, 0.2) is 0 Å². The van der Waals surface area contributed by atoms with Crippen LogP contribution < -0.4 is 10.6 Å². The second-order valence-corrected chi connectivity index (χ2v) is 5.86. The lowest BCUT2D eigenvalue weighted by molar-refractivity contribution is -0.146. The van der Waals surface area contributed by atoms with Crippen molar-refractivity contribution < 1.29 is 14.7 Å². The minimum absolute atomic E-state index is 0.147. The van der Waals surface area contributed by atoms with Crippen molar-refractivity contribution in [1.82, 2.24) is 15.5 Å². The first-order valence-corrected chi connectivity index (χ1v) is 6.77.